The van der Waals surface area contributed by atoms with Gasteiger partial charge in [0.15, 0.2) is 0 Å². The van der Waals surface area contributed by atoms with Crippen molar-refractivity contribution in [3.8, 4) is 11.1 Å². The van der Waals surface area contributed by atoms with E-state index >= 15 is 0 Å². The Bertz CT molecular complexity index is 2350. The standard InChI is InChI=1S/C32H23N5O7S2/c33-31-25-6-2-1-5-24(25)29(46(42,43)44)18-26(31)36-34-22-13-8-19(9-14-22)20-10-15-23(16-11-20)35-37-32-27(38)17-12-21-4-3-7-28(30(21)32)45(39,40)41/h1-18,35H,33H2,(H,39,40,41)(H,42,43,44). The van der Waals surface area contributed by atoms with Gasteiger partial charge in [-0.2, -0.15) is 27.1 Å². The number of azo groups is 1. The lowest BCUT2D eigenvalue weighted by atomic mass is 9.95. The molecule has 12 nitrogen and oxygen atoms in total. The topological polar surface area (TPSA) is 201 Å². The molecule has 46 heavy (non-hydrogen) atoms. The molecular weight excluding hydrogens is 631 g/mol. The van der Waals surface area contributed by atoms with Crippen molar-refractivity contribution in [2.75, 3.05) is 11.2 Å². The highest BCUT2D eigenvalue weighted by molar-refractivity contribution is 7.86. The number of fused-ring (bicyclic) bond motifs is 2. The Morgan fingerprint density at radius 1 is 0.674 bits per heavy atom. The molecular formula is C32H23N5O7S2. The Labute approximate surface area is 263 Å². The molecule has 0 saturated carbocycles. The number of nitrogens with zero attached hydrogens (tertiary/aromatic N) is 3. The SMILES string of the molecule is Nc1c(N=Nc2ccc(-c3ccc(NN=C4C(=O)C=Cc5cccc(S(=O)(=O)O)c54)cc3)cc2)cc(S(=O)(=O)O)c2ccccc12. The van der Waals surface area contributed by atoms with Crippen LogP contribution in [0, 0.1) is 0 Å². The van der Waals surface area contributed by atoms with Crippen LogP contribution in [0.2, 0.25) is 0 Å². The van der Waals surface area contributed by atoms with Crippen LogP contribution in [0.25, 0.3) is 28.0 Å². The molecule has 14 heteroatoms. The maximum atomic E-state index is 12.6. The van der Waals surface area contributed by atoms with Crippen LogP contribution in [0.15, 0.2) is 128 Å². The molecule has 0 spiro atoms. The van der Waals surface area contributed by atoms with Crippen LogP contribution in [0.4, 0.5) is 22.7 Å². The molecule has 1 aliphatic carbocycles. The number of hydrogen-bond acceptors (Lipinski definition) is 10. The predicted molar refractivity (Wildman–Crippen MR) is 175 cm³/mol. The molecule has 0 saturated heterocycles. The fourth-order valence-corrected chi connectivity index (χ4v) is 6.41. The van der Waals surface area contributed by atoms with Crippen LogP contribution >= 0.6 is 0 Å². The van der Waals surface area contributed by atoms with Crippen molar-refractivity contribution >= 4 is 71.3 Å². The summed E-state index contributed by atoms with van der Waals surface area (Å²) in [7, 11) is -9.14. The quantitative estimate of drug-likeness (QED) is 0.0663. The van der Waals surface area contributed by atoms with Gasteiger partial charge in [0.1, 0.15) is 21.2 Å². The summed E-state index contributed by atoms with van der Waals surface area (Å²) in [5.74, 6) is -0.521. The molecule has 5 N–H and O–H groups in total. The van der Waals surface area contributed by atoms with Crippen molar-refractivity contribution in [2.45, 2.75) is 9.79 Å². The number of hydrogen-bond donors (Lipinski definition) is 4. The van der Waals surface area contributed by atoms with Gasteiger partial charge in [0.2, 0.25) is 5.78 Å². The van der Waals surface area contributed by atoms with Gasteiger partial charge in [-0.1, -0.05) is 66.7 Å². The largest absolute Gasteiger partial charge is 0.396 e. The lowest BCUT2D eigenvalue weighted by Gasteiger charge is -2.15. The highest BCUT2D eigenvalue weighted by Crippen LogP contribution is 2.37. The molecule has 5 aromatic rings. The van der Waals surface area contributed by atoms with Gasteiger partial charge in [0, 0.05) is 16.3 Å². The summed E-state index contributed by atoms with van der Waals surface area (Å²) >= 11 is 0. The lowest BCUT2D eigenvalue weighted by Crippen LogP contribution is -2.22. The second-order valence-corrected chi connectivity index (χ2v) is 12.9. The van der Waals surface area contributed by atoms with E-state index in [9.17, 15) is 30.7 Å². The van der Waals surface area contributed by atoms with Crippen LogP contribution in [-0.4, -0.2) is 37.4 Å². The third-order valence-electron chi connectivity index (χ3n) is 7.18. The molecule has 0 unspecified atom stereocenters. The van der Waals surface area contributed by atoms with Gasteiger partial charge >= 0.3 is 0 Å². The summed E-state index contributed by atoms with van der Waals surface area (Å²) in [6.07, 6.45) is 2.74. The minimum absolute atomic E-state index is 0.0148. The Balaban J connectivity index is 1.21. The number of nitrogens with one attached hydrogen (secondary N) is 1. The number of ketones is 1. The molecule has 0 radical (unpaired) electrons. The van der Waals surface area contributed by atoms with Gasteiger partial charge in [-0.3, -0.25) is 19.3 Å². The van der Waals surface area contributed by atoms with Gasteiger partial charge in [-0.15, -0.1) is 5.11 Å². The molecule has 0 aromatic heterocycles. The molecule has 0 amide bonds. The van der Waals surface area contributed by atoms with Crippen LogP contribution in [-0.2, 0) is 25.0 Å². The first kappa shape index (κ1) is 30.5. The van der Waals surface area contributed by atoms with E-state index in [2.05, 4.69) is 20.8 Å². The third-order valence-corrected chi connectivity index (χ3v) is 8.97. The van der Waals surface area contributed by atoms with Crippen LogP contribution < -0.4 is 11.2 Å². The number of benzene rings is 5. The Kier molecular flexibility index (Phi) is 7.79. The number of rotatable bonds is 7. The average Bonchev–Trinajstić information content (AvgIpc) is 3.03. The first-order valence-electron chi connectivity index (χ1n) is 13.5. The van der Waals surface area contributed by atoms with Crippen molar-refractivity contribution in [3.05, 3.63) is 114 Å². The minimum Gasteiger partial charge on any atom is -0.396 e. The van der Waals surface area contributed by atoms with Gasteiger partial charge in [0.25, 0.3) is 20.2 Å². The second kappa shape index (κ2) is 11.8. The van der Waals surface area contributed by atoms with Crippen LogP contribution in [0.3, 0.4) is 0 Å². The number of carbonyl (C=O) groups excluding carboxylic acids is 1. The van der Waals surface area contributed by atoms with Crippen molar-refractivity contribution in [3.63, 3.8) is 0 Å². The van der Waals surface area contributed by atoms with E-state index in [0.29, 0.717) is 22.3 Å². The fourth-order valence-electron chi connectivity index (χ4n) is 4.97. The van der Waals surface area contributed by atoms with E-state index in [4.69, 9.17) is 5.73 Å². The van der Waals surface area contributed by atoms with Crippen molar-refractivity contribution in [2.24, 2.45) is 15.3 Å². The molecule has 0 fully saturated rings. The first-order chi connectivity index (χ1) is 21.9. The molecule has 6 rings (SSSR count). The van der Waals surface area contributed by atoms with E-state index in [1.165, 1.54) is 30.4 Å². The van der Waals surface area contributed by atoms with E-state index in [-0.39, 0.29) is 32.9 Å². The minimum atomic E-state index is -4.60. The Morgan fingerprint density at radius 2 is 1.30 bits per heavy atom. The molecule has 1 aliphatic rings. The number of carbonyl (C=O) groups is 1. The molecule has 0 atom stereocenters. The number of anilines is 2. The fraction of sp³-hybridized carbons (Fsp3) is 0. The lowest BCUT2D eigenvalue weighted by molar-refractivity contribution is -0.108. The summed E-state index contributed by atoms with van der Waals surface area (Å²) in [6, 6.07) is 26.1. The molecule has 0 aliphatic heterocycles. The summed E-state index contributed by atoms with van der Waals surface area (Å²) in [5.41, 5.74) is 12.3. The first-order valence-corrected chi connectivity index (χ1v) is 16.4. The number of nitrogens with two attached hydrogens (primary N) is 1. The van der Waals surface area contributed by atoms with Crippen molar-refractivity contribution in [1.29, 1.82) is 0 Å². The van der Waals surface area contributed by atoms with E-state index < -0.39 is 30.9 Å². The number of hydrazone groups is 1. The number of nitrogen functional groups attached to an aromatic ring is 1. The molecule has 230 valence electrons. The van der Waals surface area contributed by atoms with Gasteiger partial charge in [-0.25, -0.2) is 0 Å². The predicted octanol–water partition coefficient (Wildman–Crippen LogP) is 6.41. The van der Waals surface area contributed by atoms with Crippen LogP contribution in [0.5, 0.6) is 0 Å². The third kappa shape index (κ3) is 6.05. The summed E-state index contributed by atoms with van der Waals surface area (Å²) in [6.45, 7) is 0. The van der Waals surface area contributed by atoms with E-state index in [1.807, 2.05) is 24.3 Å². The zero-order valence-electron chi connectivity index (χ0n) is 23.6. The summed E-state index contributed by atoms with van der Waals surface area (Å²) in [4.78, 5) is 11.9. The van der Waals surface area contributed by atoms with Gasteiger partial charge < -0.3 is 5.73 Å². The van der Waals surface area contributed by atoms with Crippen molar-refractivity contribution < 1.29 is 30.7 Å². The Hall–Kier alpha value is -5.54. The summed E-state index contributed by atoms with van der Waals surface area (Å²) in [5, 5.41) is 13.2. The highest BCUT2D eigenvalue weighted by atomic mass is 32.2. The average molecular weight is 654 g/mol. The molecule has 0 heterocycles. The summed E-state index contributed by atoms with van der Waals surface area (Å²) < 4.78 is 67.2. The van der Waals surface area contributed by atoms with Gasteiger partial charge in [0.05, 0.1) is 17.1 Å². The molecule has 5 aromatic carbocycles. The smallest absolute Gasteiger partial charge is 0.295 e. The van der Waals surface area contributed by atoms with Crippen LogP contribution in [0.1, 0.15) is 11.1 Å². The maximum Gasteiger partial charge on any atom is 0.295 e. The molecule has 0 bridgehead atoms. The maximum absolute atomic E-state index is 12.6. The second-order valence-electron chi connectivity index (χ2n) is 10.1. The Morgan fingerprint density at radius 3 is 1.96 bits per heavy atom. The number of allylic oxidation sites excluding steroid dienone is 1. The van der Waals surface area contributed by atoms with E-state index in [0.717, 1.165) is 11.1 Å². The zero-order chi connectivity index (χ0) is 32.6. The van der Waals surface area contributed by atoms with E-state index in [1.54, 1.807) is 54.6 Å². The van der Waals surface area contributed by atoms with Crippen molar-refractivity contribution in [1.82, 2.24) is 0 Å². The van der Waals surface area contributed by atoms with Gasteiger partial charge in [-0.05, 0) is 59.2 Å². The normalized spacial score (nSPS) is 14.2. The zero-order valence-corrected chi connectivity index (χ0v) is 25.2. The highest BCUT2D eigenvalue weighted by Gasteiger charge is 2.27. The monoisotopic (exact) mass is 653 g/mol.